The third kappa shape index (κ3) is 2.70. The van der Waals surface area contributed by atoms with E-state index in [0.29, 0.717) is 0 Å². The monoisotopic (exact) mass is 204 g/mol. The zero-order valence-electron chi connectivity index (χ0n) is 8.28. The Bertz CT molecular complexity index is 199. The fourth-order valence-electron chi connectivity index (χ4n) is 0.862. The molecule has 0 N–H and O–H groups in total. The molecule has 0 aliphatic heterocycles. The molecule has 0 aromatic carbocycles. The molecule has 0 unspecified atom stereocenters. The van der Waals surface area contributed by atoms with Crippen LogP contribution in [0.1, 0.15) is 0 Å². The van der Waals surface area contributed by atoms with Gasteiger partial charge in [0.05, 0.1) is 26.2 Å². The average Bonchev–Trinajstić information content (AvgIpc) is 2.19. The Kier molecular flexibility index (Phi) is 5.73. The van der Waals surface area contributed by atoms with Gasteiger partial charge < -0.3 is 0 Å². The largest absolute Gasteiger partial charge is 0.292 e. The van der Waals surface area contributed by atoms with E-state index in [1.165, 1.54) is 21.3 Å². The van der Waals surface area contributed by atoms with Crippen molar-refractivity contribution < 1.29 is 12.5 Å². The molecule has 0 amide bonds. The van der Waals surface area contributed by atoms with Crippen molar-refractivity contribution in [2.24, 2.45) is 0 Å². The van der Waals surface area contributed by atoms with Crippen molar-refractivity contribution in [1.82, 2.24) is 0 Å². The molecule has 4 heteroatoms. The van der Waals surface area contributed by atoms with Crippen molar-refractivity contribution in [1.29, 1.82) is 0 Å². The summed E-state index contributed by atoms with van der Waals surface area (Å²) < 4.78 is 15.6. The number of hydrogen-bond acceptors (Lipinski definition) is 3. The molecule has 0 spiro atoms. The standard InChI is InChI=1S/C9H16O3S/c1-6-8-9(7-2)13(10-3,11-4)12-5/h6-8H,1-2H2,3-5H3/b9-8+. The lowest BCUT2D eigenvalue weighted by Crippen LogP contribution is -2.08. The van der Waals surface area contributed by atoms with Crippen LogP contribution in [0.5, 0.6) is 0 Å². The fraction of sp³-hybridized carbons (Fsp3) is 0.333. The van der Waals surface area contributed by atoms with Gasteiger partial charge in [0, 0.05) is 0 Å². The van der Waals surface area contributed by atoms with Crippen LogP contribution in [0.2, 0.25) is 0 Å². The number of hydrogen-bond donors (Lipinski definition) is 0. The van der Waals surface area contributed by atoms with Gasteiger partial charge in [-0.1, -0.05) is 25.3 Å². The maximum Gasteiger partial charge on any atom is 0.119 e. The summed E-state index contributed by atoms with van der Waals surface area (Å²) in [6.07, 6.45) is 5.02. The van der Waals surface area contributed by atoms with Crippen LogP contribution >= 0.6 is 10.9 Å². The van der Waals surface area contributed by atoms with Crippen molar-refractivity contribution in [3.8, 4) is 0 Å². The normalized spacial score (nSPS) is 13.9. The van der Waals surface area contributed by atoms with Crippen molar-refractivity contribution in [2.75, 3.05) is 21.3 Å². The van der Waals surface area contributed by atoms with E-state index in [2.05, 4.69) is 13.2 Å². The lowest BCUT2D eigenvalue weighted by molar-refractivity contribution is 0.256. The highest BCUT2D eigenvalue weighted by molar-refractivity contribution is 8.25. The van der Waals surface area contributed by atoms with E-state index in [4.69, 9.17) is 12.5 Å². The molecule has 0 fully saturated rings. The highest BCUT2D eigenvalue weighted by Crippen LogP contribution is 2.57. The lowest BCUT2D eigenvalue weighted by Gasteiger charge is -2.34. The van der Waals surface area contributed by atoms with Crippen LogP contribution in [0, 0.1) is 0 Å². The van der Waals surface area contributed by atoms with E-state index in [-0.39, 0.29) is 0 Å². The highest BCUT2D eigenvalue weighted by atomic mass is 32.3. The van der Waals surface area contributed by atoms with E-state index >= 15 is 0 Å². The van der Waals surface area contributed by atoms with Crippen LogP contribution in [0.25, 0.3) is 0 Å². The van der Waals surface area contributed by atoms with Gasteiger partial charge in [0.2, 0.25) is 0 Å². The molecule has 0 aliphatic carbocycles. The van der Waals surface area contributed by atoms with Gasteiger partial charge in [-0.15, -0.1) is 0 Å². The molecule has 76 valence electrons. The fourth-order valence-corrected chi connectivity index (χ4v) is 2.32. The minimum absolute atomic E-state index is 0.745. The van der Waals surface area contributed by atoms with Gasteiger partial charge in [0.1, 0.15) is 10.9 Å². The van der Waals surface area contributed by atoms with Crippen LogP contribution in [0.3, 0.4) is 0 Å². The smallest absolute Gasteiger partial charge is 0.119 e. The second-order valence-corrected chi connectivity index (χ2v) is 4.34. The van der Waals surface area contributed by atoms with E-state index in [1.807, 2.05) is 0 Å². The molecule has 13 heavy (non-hydrogen) atoms. The summed E-state index contributed by atoms with van der Waals surface area (Å²) in [5, 5.41) is 0. The molecule has 0 radical (unpaired) electrons. The van der Waals surface area contributed by atoms with Gasteiger partial charge >= 0.3 is 0 Å². The predicted molar refractivity (Wildman–Crippen MR) is 57.1 cm³/mol. The summed E-state index contributed by atoms with van der Waals surface area (Å²) in [6.45, 7) is 7.24. The molecule has 0 saturated carbocycles. The van der Waals surface area contributed by atoms with Gasteiger partial charge in [-0.3, -0.25) is 12.5 Å². The molecule has 0 rings (SSSR count). The Morgan fingerprint density at radius 3 is 1.77 bits per heavy atom. The number of rotatable bonds is 6. The quantitative estimate of drug-likeness (QED) is 0.623. The van der Waals surface area contributed by atoms with Crippen LogP contribution in [0.15, 0.2) is 36.3 Å². The molecule has 0 saturated heterocycles. The van der Waals surface area contributed by atoms with Crippen LogP contribution < -0.4 is 0 Å². The highest BCUT2D eigenvalue weighted by Gasteiger charge is 2.26. The minimum Gasteiger partial charge on any atom is -0.292 e. The maximum atomic E-state index is 5.19. The molecule has 3 nitrogen and oxygen atoms in total. The van der Waals surface area contributed by atoms with Gasteiger partial charge in [0.15, 0.2) is 0 Å². The first-order valence-corrected chi connectivity index (χ1v) is 5.06. The molecule has 0 bridgehead atoms. The summed E-state index contributed by atoms with van der Waals surface area (Å²) in [6, 6.07) is 0. The third-order valence-electron chi connectivity index (χ3n) is 1.43. The molecule has 0 aromatic heterocycles. The molecule has 0 atom stereocenters. The zero-order chi connectivity index (χ0) is 10.3. The van der Waals surface area contributed by atoms with Crippen LogP contribution in [-0.4, -0.2) is 21.3 Å². The number of allylic oxidation sites excluding steroid dienone is 3. The SMILES string of the molecule is C=C/C=C(\C=C)S(OC)(OC)OC. The predicted octanol–water partition coefficient (Wildman–Crippen LogP) is 2.73. The van der Waals surface area contributed by atoms with Gasteiger partial charge in [0.25, 0.3) is 0 Å². The minimum atomic E-state index is -2.09. The Morgan fingerprint density at radius 1 is 1.08 bits per heavy atom. The van der Waals surface area contributed by atoms with Crippen LogP contribution in [-0.2, 0) is 12.5 Å². The summed E-state index contributed by atoms with van der Waals surface area (Å²) in [5.41, 5.74) is 0. The molecular weight excluding hydrogens is 188 g/mol. The Hall–Kier alpha value is -0.550. The molecule has 0 heterocycles. The topological polar surface area (TPSA) is 27.7 Å². The molecule has 0 aliphatic rings. The second-order valence-electron chi connectivity index (χ2n) is 1.96. The van der Waals surface area contributed by atoms with Gasteiger partial charge in [-0.25, -0.2) is 0 Å². The van der Waals surface area contributed by atoms with E-state index in [9.17, 15) is 0 Å². The van der Waals surface area contributed by atoms with Gasteiger partial charge in [-0.2, -0.15) is 0 Å². The average molecular weight is 204 g/mol. The first-order chi connectivity index (χ1) is 6.20. The Morgan fingerprint density at radius 2 is 1.54 bits per heavy atom. The summed E-state index contributed by atoms with van der Waals surface area (Å²) in [7, 11) is 2.50. The Balaban J connectivity index is 4.98. The van der Waals surface area contributed by atoms with Gasteiger partial charge in [-0.05, 0) is 6.08 Å². The molecule has 0 aromatic rings. The zero-order valence-corrected chi connectivity index (χ0v) is 9.10. The van der Waals surface area contributed by atoms with Crippen LogP contribution in [0.4, 0.5) is 0 Å². The van der Waals surface area contributed by atoms with E-state index in [1.54, 1.807) is 18.2 Å². The second kappa shape index (κ2) is 5.99. The molecular formula is C9H16O3S. The first kappa shape index (κ1) is 12.4. The third-order valence-corrected chi connectivity index (χ3v) is 3.63. The first-order valence-electron chi connectivity index (χ1n) is 3.66. The lowest BCUT2D eigenvalue weighted by atomic mass is 10.5. The Labute approximate surface area is 81.6 Å². The van der Waals surface area contributed by atoms with E-state index in [0.717, 1.165) is 4.91 Å². The van der Waals surface area contributed by atoms with Crippen molar-refractivity contribution in [2.45, 2.75) is 0 Å². The summed E-state index contributed by atoms with van der Waals surface area (Å²) >= 11 is 0. The van der Waals surface area contributed by atoms with Crippen molar-refractivity contribution >= 4 is 10.9 Å². The summed E-state index contributed by atoms with van der Waals surface area (Å²) in [5.74, 6) is 0. The van der Waals surface area contributed by atoms with E-state index < -0.39 is 10.9 Å². The van der Waals surface area contributed by atoms with Crippen molar-refractivity contribution in [3.05, 3.63) is 36.3 Å². The summed E-state index contributed by atoms with van der Waals surface area (Å²) in [4.78, 5) is 0.745. The van der Waals surface area contributed by atoms with Crippen molar-refractivity contribution in [3.63, 3.8) is 0 Å². The maximum absolute atomic E-state index is 5.19.